The molecule has 3 aromatic rings. The van der Waals surface area contributed by atoms with Crippen molar-refractivity contribution in [2.24, 2.45) is 5.10 Å². The summed E-state index contributed by atoms with van der Waals surface area (Å²) in [6, 6.07) is 19.6. The molecule has 3 atom stereocenters. The van der Waals surface area contributed by atoms with Crippen molar-refractivity contribution in [3.8, 4) is 6.07 Å². The zero-order chi connectivity index (χ0) is 23.6. The molecule has 0 saturated heterocycles. The lowest BCUT2D eigenvalue weighted by atomic mass is 9.77. The molecule has 1 aliphatic rings. The molecule has 2 N–H and O–H groups in total. The zero-order valence-corrected chi connectivity index (χ0v) is 18.9. The van der Waals surface area contributed by atoms with Crippen LogP contribution in [0.5, 0.6) is 0 Å². The zero-order valence-electron chi connectivity index (χ0n) is 18.1. The minimum atomic E-state index is -1.81. The molecule has 2 aromatic carbocycles. The Hall–Kier alpha value is -3.55. The Morgan fingerprint density at radius 1 is 1.27 bits per heavy atom. The predicted molar refractivity (Wildman–Crippen MR) is 124 cm³/mol. The Morgan fingerprint density at radius 2 is 1.97 bits per heavy atom. The molecular weight excluding hydrogens is 440 g/mol. The summed E-state index contributed by atoms with van der Waals surface area (Å²) in [4.78, 5) is 14.3. The van der Waals surface area contributed by atoms with Gasteiger partial charge in [-0.15, -0.1) is 11.3 Å². The number of benzene rings is 2. The number of hydrazone groups is 1. The Kier molecular flexibility index (Phi) is 6.26. The first-order valence-electron chi connectivity index (χ1n) is 10.3. The van der Waals surface area contributed by atoms with Gasteiger partial charge in [-0.2, -0.15) is 15.6 Å². The molecule has 0 saturated carbocycles. The Bertz CT molecular complexity index is 1200. The SMILES string of the molecule is CCOC(=O)[C@@]1(C#N)[C@H](c2ccc(C)cc2)C(c2cccs2)=NN1c1ccc([NH+]([O-])O)cc1. The van der Waals surface area contributed by atoms with E-state index in [1.54, 1.807) is 19.1 Å². The summed E-state index contributed by atoms with van der Waals surface area (Å²) in [5.74, 6) is -1.43. The molecule has 33 heavy (non-hydrogen) atoms. The van der Waals surface area contributed by atoms with Gasteiger partial charge in [-0.3, -0.25) is 0 Å². The van der Waals surface area contributed by atoms with E-state index in [4.69, 9.17) is 9.84 Å². The van der Waals surface area contributed by atoms with Crippen LogP contribution in [0.15, 0.2) is 71.1 Å². The van der Waals surface area contributed by atoms with Gasteiger partial charge >= 0.3 is 5.97 Å². The van der Waals surface area contributed by atoms with Gasteiger partial charge < -0.3 is 9.94 Å². The van der Waals surface area contributed by atoms with E-state index >= 15 is 0 Å². The number of rotatable bonds is 6. The molecule has 0 radical (unpaired) electrons. The second-order valence-electron chi connectivity index (χ2n) is 7.57. The van der Waals surface area contributed by atoms with Gasteiger partial charge in [0.2, 0.25) is 0 Å². The molecular formula is C24H22N4O4S. The minimum Gasteiger partial charge on any atom is -0.595 e. The third-order valence-electron chi connectivity index (χ3n) is 5.53. The smallest absolute Gasteiger partial charge is 0.350 e. The van der Waals surface area contributed by atoms with Crippen molar-refractivity contribution in [3.05, 3.63) is 87.3 Å². The minimum absolute atomic E-state index is 0.0918. The van der Waals surface area contributed by atoms with Gasteiger partial charge in [0.05, 0.1) is 28.8 Å². The maximum Gasteiger partial charge on any atom is 0.350 e. The number of quaternary nitrogens is 1. The highest BCUT2D eigenvalue weighted by Crippen LogP contribution is 2.46. The van der Waals surface area contributed by atoms with Crippen LogP contribution in [0.2, 0.25) is 0 Å². The number of esters is 1. The van der Waals surface area contributed by atoms with Crippen LogP contribution in [0.25, 0.3) is 0 Å². The van der Waals surface area contributed by atoms with E-state index in [1.165, 1.54) is 28.5 Å². The number of thiophene rings is 1. The summed E-state index contributed by atoms with van der Waals surface area (Å²) in [7, 11) is 0. The molecule has 4 rings (SSSR count). The van der Waals surface area contributed by atoms with E-state index < -0.39 is 22.7 Å². The lowest BCUT2D eigenvalue weighted by molar-refractivity contribution is -0.991. The van der Waals surface area contributed by atoms with E-state index in [0.717, 1.165) is 16.0 Å². The molecule has 0 amide bonds. The summed E-state index contributed by atoms with van der Waals surface area (Å²) in [5.41, 5.74) is 1.08. The fraction of sp³-hybridized carbons (Fsp3) is 0.208. The van der Waals surface area contributed by atoms with E-state index in [-0.39, 0.29) is 12.3 Å². The molecule has 0 aliphatic carbocycles. The molecule has 0 fully saturated rings. The molecule has 1 unspecified atom stereocenters. The van der Waals surface area contributed by atoms with Crippen LogP contribution in [0.3, 0.4) is 0 Å². The summed E-state index contributed by atoms with van der Waals surface area (Å²) < 4.78 is 5.41. The molecule has 0 bridgehead atoms. The first kappa shape index (κ1) is 22.6. The van der Waals surface area contributed by atoms with Crippen molar-refractivity contribution >= 4 is 34.4 Å². The quantitative estimate of drug-likeness (QED) is 0.429. The number of aryl methyl sites for hydroxylation is 1. The number of ether oxygens (including phenoxy) is 1. The van der Waals surface area contributed by atoms with Crippen LogP contribution in [-0.4, -0.2) is 29.0 Å². The number of hydrogen-bond acceptors (Lipinski definition) is 8. The van der Waals surface area contributed by atoms with Crippen LogP contribution in [0.4, 0.5) is 11.4 Å². The molecule has 0 spiro atoms. The Morgan fingerprint density at radius 3 is 2.52 bits per heavy atom. The summed E-state index contributed by atoms with van der Waals surface area (Å²) >= 11 is 1.46. The van der Waals surface area contributed by atoms with Gasteiger partial charge in [0.1, 0.15) is 6.07 Å². The third-order valence-corrected chi connectivity index (χ3v) is 6.43. The number of nitriles is 1. The lowest BCUT2D eigenvalue weighted by Crippen LogP contribution is -2.99. The Labute approximate surface area is 195 Å². The summed E-state index contributed by atoms with van der Waals surface area (Å²) in [6.45, 7) is 3.75. The van der Waals surface area contributed by atoms with Gasteiger partial charge in [0.15, 0.2) is 5.69 Å². The van der Waals surface area contributed by atoms with Crippen LogP contribution < -0.4 is 10.2 Å². The van der Waals surface area contributed by atoms with Gasteiger partial charge in [-0.25, -0.2) is 15.0 Å². The number of nitrogens with one attached hydrogen (secondary N) is 1. The van der Waals surface area contributed by atoms with E-state index in [2.05, 4.69) is 6.07 Å². The number of hydrogen-bond donors (Lipinski definition) is 2. The molecule has 1 aliphatic heterocycles. The second-order valence-corrected chi connectivity index (χ2v) is 8.52. The number of nitrogens with zero attached hydrogens (tertiary/aromatic N) is 3. The molecule has 168 valence electrons. The van der Waals surface area contributed by atoms with Crippen molar-refractivity contribution in [3.63, 3.8) is 0 Å². The molecule has 1 aromatic heterocycles. The van der Waals surface area contributed by atoms with Crippen molar-refractivity contribution in [1.82, 2.24) is 0 Å². The van der Waals surface area contributed by atoms with Crippen LogP contribution in [0.1, 0.15) is 28.8 Å². The molecule has 2 heterocycles. The predicted octanol–water partition coefficient (Wildman–Crippen LogP) is 3.29. The highest BCUT2D eigenvalue weighted by molar-refractivity contribution is 7.12. The van der Waals surface area contributed by atoms with Crippen molar-refractivity contribution in [2.45, 2.75) is 25.3 Å². The average molecular weight is 463 g/mol. The van der Waals surface area contributed by atoms with Crippen LogP contribution >= 0.6 is 11.3 Å². The highest BCUT2D eigenvalue weighted by Gasteiger charge is 2.60. The van der Waals surface area contributed by atoms with Crippen molar-refractivity contribution in [1.29, 1.82) is 5.26 Å². The van der Waals surface area contributed by atoms with Gasteiger partial charge in [0, 0.05) is 12.1 Å². The lowest BCUT2D eigenvalue weighted by Gasteiger charge is -2.34. The number of anilines is 1. The van der Waals surface area contributed by atoms with E-state index in [0.29, 0.717) is 11.4 Å². The number of carbonyl (C=O) groups is 1. The third kappa shape index (κ3) is 3.90. The summed E-state index contributed by atoms with van der Waals surface area (Å²) in [6.07, 6.45) is 0. The monoisotopic (exact) mass is 462 g/mol. The average Bonchev–Trinajstić information content (AvgIpc) is 3.46. The topological polar surface area (TPSA) is 113 Å². The molecule has 8 nitrogen and oxygen atoms in total. The van der Waals surface area contributed by atoms with Gasteiger partial charge in [0.25, 0.3) is 5.54 Å². The van der Waals surface area contributed by atoms with Crippen LogP contribution in [-0.2, 0) is 9.53 Å². The van der Waals surface area contributed by atoms with E-state index in [9.17, 15) is 20.5 Å². The standard InChI is InChI=1S/C24H22N4O4S/c1-3-32-23(29)24(15-25)21(17-8-6-16(2)7-9-17)22(20-5-4-14-33-20)26-27(24)18-10-12-19(13-11-18)28(30)31/h4-14,21,28,30H,3H2,1-2H3/t21-,24-/m1/s1. The van der Waals surface area contributed by atoms with Crippen molar-refractivity contribution in [2.75, 3.05) is 11.6 Å². The largest absolute Gasteiger partial charge is 0.595 e. The maximum atomic E-state index is 13.5. The first-order valence-corrected chi connectivity index (χ1v) is 11.2. The first-order chi connectivity index (χ1) is 15.9. The fourth-order valence-electron chi connectivity index (χ4n) is 3.95. The number of carbonyl (C=O) groups excluding carboxylic acids is 1. The summed E-state index contributed by atoms with van der Waals surface area (Å²) in [5, 5.41) is 38.1. The highest BCUT2D eigenvalue weighted by atomic mass is 32.1. The van der Waals surface area contributed by atoms with Gasteiger partial charge in [-0.05, 0) is 43.0 Å². The van der Waals surface area contributed by atoms with Crippen LogP contribution in [0, 0.1) is 23.5 Å². The normalized spacial score (nSPS) is 20.8. The van der Waals surface area contributed by atoms with Crippen molar-refractivity contribution < 1.29 is 20.0 Å². The molecule has 9 heteroatoms. The Balaban J connectivity index is 1.96. The fourth-order valence-corrected chi connectivity index (χ4v) is 4.69. The maximum absolute atomic E-state index is 13.5. The van der Waals surface area contributed by atoms with Gasteiger partial charge in [-0.1, -0.05) is 35.9 Å². The van der Waals surface area contributed by atoms with E-state index in [1.807, 2.05) is 48.7 Å². The second kappa shape index (κ2) is 9.13.